The van der Waals surface area contributed by atoms with Gasteiger partial charge < -0.3 is 25.4 Å². The number of nitrogens with one attached hydrogen (secondary N) is 3. The normalized spacial score (nSPS) is 10.9. The van der Waals surface area contributed by atoms with Crippen molar-refractivity contribution >= 4 is 53.1 Å². The van der Waals surface area contributed by atoms with Gasteiger partial charge in [0.15, 0.2) is 5.96 Å². The first-order valence-electron chi connectivity index (χ1n) is 8.72. The Hall–Kier alpha value is -1.10. The van der Waals surface area contributed by atoms with Crippen LogP contribution in [-0.4, -0.2) is 58.9 Å². The predicted octanol–water partition coefficient (Wildman–Crippen LogP) is 2.89. The van der Waals surface area contributed by atoms with E-state index in [1.54, 1.807) is 38.4 Å². The van der Waals surface area contributed by atoms with Crippen LogP contribution in [0.1, 0.15) is 19.3 Å². The number of carbonyl (C=O) groups is 1. The molecule has 1 amide bonds. The molecule has 0 atom stereocenters. The van der Waals surface area contributed by atoms with Gasteiger partial charge in [-0.05, 0) is 37.1 Å². The summed E-state index contributed by atoms with van der Waals surface area (Å²) in [5.74, 6) is 0.699. The van der Waals surface area contributed by atoms with Crippen molar-refractivity contribution in [3.8, 4) is 0 Å². The molecule has 0 bridgehead atoms. The van der Waals surface area contributed by atoms with E-state index in [-0.39, 0.29) is 29.9 Å². The van der Waals surface area contributed by atoms with Crippen LogP contribution in [0.3, 0.4) is 0 Å². The van der Waals surface area contributed by atoms with Crippen molar-refractivity contribution in [1.82, 2.24) is 10.6 Å². The molecule has 9 heteroatoms. The molecular weight excluding hydrogens is 483 g/mol. The molecule has 1 rings (SSSR count). The van der Waals surface area contributed by atoms with Crippen LogP contribution in [0.2, 0.25) is 5.02 Å². The second-order valence-electron chi connectivity index (χ2n) is 5.54. The number of amides is 1. The lowest BCUT2D eigenvalue weighted by molar-refractivity contribution is -0.116. The molecule has 0 aliphatic carbocycles. The van der Waals surface area contributed by atoms with Crippen molar-refractivity contribution < 1.29 is 14.3 Å². The summed E-state index contributed by atoms with van der Waals surface area (Å²) in [7, 11) is 3.37. The number of aliphatic imine (C=N–C) groups is 1. The van der Waals surface area contributed by atoms with Crippen LogP contribution in [0, 0.1) is 0 Å². The van der Waals surface area contributed by atoms with Gasteiger partial charge >= 0.3 is 0 Å². The van der Waals surface area contributed by atoms with Gasteiger partial charge in [0.25, 0.3) is 0 Å². The van der Waals surface area contributed by atoms with Gasteiger partial charge in [-0.3, -0.25) is 9.79 Å². The molecule has 0 aromatic heterocycles. The summed E-state index contributed by atoms with van der Waals surface area (Å²) in [5.41, 5.74) is 0.748. The Morgan fingerprint density at radius 2 is 1.74 bits per heavy atom. The van der Waals surface area contributed by atoms with E-state index in [1.165, 1.54) is 0 Å². The fourth-order valence-electron chi connectivity index (χ4n) is 2.06. The largest absolute Gasteiger partial charge is 0.382 e. The quantitative estimate of drug-likeness (QED) is 0.174. The molecule has 1 aromatic carbocycles. The summed E-state index contributed by atoms with van der Waals surface area (Å²) in [5, 5.41) is 9.88. The van der Waals surface area contributed by atoms with Crippen molar-refractivity contribution in [1.29, 1.82) is 0 Å². The Kier molecular flexibility index (Phi) is 16.3. The van der Waals surface area contributed by atoms with Gasteiger partial charge in [-0.15, -0.1) is 24.0 Å². The van der Waals surface area contributed by atoms with E-state index >= 15 is 0 Å². The van der Waals surface area contributed by atoms with Gasteiger partial charge in [-0.2, -0.15) is 0 Å². The van der Waals surface area contributed by atoms with Gasteiger partial charge in [0, 0.05) is 51.0 Å². The topological polar surface area (TPSA) is 84.0 Å². The highest BCUT2D eigenvalue weighted by molar-refractivity contribution is 14.0. The summed E-state index contributed by atoms with van der Waals surface area (Å²) in [4.78, 5) is 16.0. The summed E-state index contributed by atoms with van der Waals surface area (Å²) >= 11 is 5.82. The molecule has 0 aliphatic rings. The number of nitrogens with zero attached hydrogens (tertiary/aromatic N) is 1. The number of hydrogen-bond acceptors (Lipinski definition) is 4. The standard InChI is InChI=1S/C18H29ClN4O3.HI/c1-20-18(22-11-4-12-26-14-13-25-2)21-10-3-5-17(24)23-16-8-6-15(19)7-9-16;/h6-9H,3-5,10-14H2,1-2H3,(H,23,24)(H2,20,21,22);1H. The third-order valence-electron chi connectivity index (χ3n) is 3.41. The Morgan fingerprint density at radius 1 is 1.07 bits per heavy atom. The third kappa shape index (κ3) is 13.7. The fraction of sp³-hybridized carbons (Fsp3) is 0.556. The van der Waals surface area contributed by atoms with Crippen LogP contribution in [-0.2, 0) is 14.3 Å². The smallest absolute Gasteiger partial charge is 0.224 e. The molecule has 7 nitrogen and oxygen atoms in total. The van der Waals surface area contributed by atoms with Crippen LogP contribution in [0.15, 0.2) is 29.3 Å². The van der Waals surface area contributed by atoms with Crippen molar-refractivity contribution in [2.75, 3.05) is 52.4 Å². The summed E-state index contributed by atoms with van der Waals surface area (Å²) < 4.78 is 10.3. The number of hydrogen-bond donors (Lipinski definition) is 3. The minimum atomic E-state index is -0.0229. The number of ether oxygens (including phenoxy) is 2. The molecule has 0 aliphatic heterocycles. The van der Waals surface area contributed by atoms with Crippen LogP contribution in [0.5, 0.6) is 0 Å². The SMILES string of the molecule is CN=C(NCCCOCCOC)NCCCC(=O)Nc1ccc(Cl)cc1.I. The Morgan fingerprint density at radius 3 is 2.37 bits per heavy atom. The first-order valence-corrected chi connectivity index (χ1v) is 9.10. The molecule has 0 unspecified atom stereocenters. The summed E-state index contributed by atoms with van der Waals surface area (Å²) in [6.45, 7) is 3.34. The Balaban J connectivity index is 0.00000676. The highest BCUT2D eigenvalue weighted by Gasteiger charge is 2.03. The van der Waals surface area contributed by atoms with E-state index in [0.717, 1.165) is 24.6 Å². The minimum Gasteiger partial charge on any atom is -0.382 e. The first-order chi connectivity index (χ1) is 12.7. The highest BCUT2D eigenvalue weighted by atomic mass is 127. The lowest BCUT2D eigenvalue weighted by Crippen LogP contribution is -2.38. The molecule has 0 spiro atoms. The average Bonchev–Trinajstić information content (AvgIpc) is 2.64. The first kappa shape index (κ1) is 25.9. The van der Waals surface area contributed by atoms with Gasteiger partial charge in [0.1, 0.15) is 0 Å². The number of carbonyl (C=O) groups excluding carboxylic acids is 1. The summed E-state index contributed by atoms with van der Waals surface area (Å²) in [6.07, 6.45) is 2.02. The molecule has 0 saturated heterocycles. The van der Waals surface area contributed by atoms with Crippen LogP contribution < -0.4 is 16.0 Å². The van der Waals surface area contributed by atoms with Crippen molar-refractivity contribution in [3.63, 3.8) is 0 Å². The van der Waals surface area contributed by atoms with E-state index in [2.05, 4.69) is 20.9 Å². The van der Waals surface area contributed by atoms with E-state index in [9.17, 15) is 4.79 Å². The van der Waals surface area contributed by atoms with E-state index in [1.807, 2.05) is 0 Å². The lowest BCUT2D eigenvalue weighted by Gasteiger charge is -2.12. The predicted molar refractivity (Wildman–Crippen MR) is 121 cm³/mol. The van der Waals surface area contributed by atoms with Crippen molar-refractivity contribution in [3.05, 3.63) is 29.3 Å². The fourth-order valence-corrected chi connectivity index (χ4v) is 2.18. The lowest BCUT2D eigenvalue weighted by atomic mass is 10.2. The summed E-state index contributed by atoms with van der Waals surface area (Å²) in [6, 6.07) is 7.06. The second-order valence-corrected chi connectivity index (χ2v) is 5.98. The molecule has 27 heavy (non-hydrogen) atoms. The van der Waals surface area contributed by atoms with E-state index < -0.39 is 0 Å². The highest BCUT2D eigenvalue weighted by Crippen LogP contribution is 2.13. The number of anilines is 1. The Labute approximate surface area is 183 Å². The van der Waals surface area contributed by atoms with Crippen molar-refractivity contribution in [2.45, 2.75) is 19.3 Å². The molecule has 0 radical (unpaired) electrons. The Bertz CT molecular complexity index is 544. The molecular formula is C18H30ClIN4O3. The second kappa shape index (κ2) is 17.0. The molecule has 1 aromatic rings. The van der Waals surface area contributed by atoms with Gasteiger partial charge in [0.05, 0.1) is 13.2 Å². The van der Waals surface area contributed by atoms with Crippen LogP contribution in [0.4, 0.5) is 5.69 Å². The van der Waals surface area contributed by atoms with Crippen LogP contribution in [0.25, 0.3) is 0 Å². The number of methoxy groups -OCH3 is 1. The van der Waals surface area contributed by atoms with Gasteiger partial charge in [-0.25, -0.2) is 0 Å². The van der Waals surface area contributed by atoms with Gasteiger partial charge in [-0.1, -0.05) is 11.6 Å². The van der Waals surface area contributed by atoms with Crippen molar-refractivity contribution in [2.24, 2.45) is 4.99 Å². The van der Waals surface area contributed by atoms with Gasteiger partial charge in [0.2, 0.25) is 5.91 Å². The average molecular weight is 513 g/mol. The number of halogens is 2. The molecule has 154 valence electrons. The maximum atomic E-state index is 11.9. The zero-order chi connectivity index (χ0) is 19.0. The number of guanidine groups is 1. The molecule has 0 saturated carbocycles. The number of benzene rings is 1. The van der Waals surface area contributed by atoms with E-state index in [4.69, 9.17) is 21.1 Å². The number of rotatable bonds is 12. The maximum absolute atomic E-state index is 11.9. The van der Waals surface area contributed by atoms with Crippen LogP contribution >= 0.6 is 35.6 Å². The maximum Gasteiger partial charge on any atom is 0.224 e. The zero-order valence-electron chi connectivity index (χ0n) is 15.9. The zero-order valence-corrected chi connectivity index (χ0v) is 19.0. The monoisotopic (exact) mass is 512 g/mol. The van der Waals surface area contributed by atoms with E-state index in [0.29, 0.717) is 44.2 Å². The molecule has 0 fully saturated rings. The third-order valence-corrected chi connectivity index (χ3v) is 3.67. The molecule has 0 heterocycles. The molecule has 3 N–H and O–H groups in total. The minimum absolute atomic E-state index is 0.